The summed E-state index contributed by atoms with van der Waals surface area (Å²) in [4.78, 5) is 25.2. The number of aliphatic hydroxyl groups excluding tert-OH is 1. The first-order valence-electron chi connectivity index (χ1n) is 6.46. The Labute approximate surface area is 108 Å². The zero-order chi connectivity index (χ0) is 13.9. The van der Waals surface area contributed by atoms with E-state index in [1.54, 1.807) is 11.8 Å². The van der Waals surface area contributed by atoms with Crippen LogP contribution in [0.5, 0.6) is 0 Å². The summed E-state index contributed by atoms with van der Waals surface area (Å²) in [6.45, 7) is 5.82. The lowest BCUT2D eigenvalue weighted by molar-refractivity contribution is -0.155. The molecule has 2 N–H and O–H groups in total. The monoisotopic (exact) mass is 257 g/mol. The van der Waals surface area contributed by atoms with E-state index in [9.17, 15) is 19.8 Å². The van der Waals surface area contributed by atoms with Gasteiger partial charge in [-0.15, -0.1) is 0 Å². The molecule has 0 aromatic heterocycles. The Morgan fingerprint density at radius 2 is 2.06 bits per heavy atom. The number of carboxylic acids is 1. The fourth-order valence-corrected chi connectivity index (χ4v) is 2.30. The SMILES string of the molecule is CC(C)C(C)(CC(=O)N1CCC[C@H]1CO)C(=O)O. The predicted molar refractivity (Wildman–Crippen MR) is 67.0 cm³/mol. The highest BCUT2D eigenvalue weighted by atomic mass is 16.4. The molecule has 0 aliphatic carbocycles. The number of amides is 1. The molecule has 0 spiro atoms. The van der Waals surface area contributed by atoms with Crippen molar-refractivity contribution in [2.24, 2.45) is 11.3 Å². The smallest absolute Gasteiger partial charge is 0.310 e. The van der Waals surface area contributed by atoms with Crippen molar-refractivity contribution < 1.29 is 19.8 Å². The molecule has 5 nitrogen and oxygen atoms in total. The Bertz CT molecular complexity index is 329. The summed E-state index contributed by atoms with van der Waals surface area (Å²) in [5.41, 5.74) is -1.04. The lowest BCUT2D eigenvalue weighted by atomic mass is 9.76. The van der Waals surface area contributed by atoms with Gasteiger partial charge in [-0.05, 0) is 25.7 Å². The molecule has 0 radical (unpaired) electrons. The molecule has 1 unspecified atom stereocenters. The van der Waals surface area contributed by atoms with E-state index in [2.05, 4.69) is 0 Å². The highest BCUT2D eigenvalue weighted by molar-refractivity contribution is 5.85. The van der Waals surface area contributed by atoms with Crippen LogP contribution < -0.4 is 0 Å². The van der Waals surface area contributed by atoms with Gasteiger partial charge >= 0.3 is 5.97 Å². The van der Waals surface area contributed by atoms with Gasteiger partial charge in [-0.3, -0.25) is 9.59 Å². The van der Waals surface area contributed by atoms with Crippen LogP contribution in [-0.4, -0.2) is 46.2 Å². The highest BCUT2D eigenvalue weighted by Gasteiger charge is 2.41. The Morgan fingerprint density at radius 3 is 2.50 bits per heavy atom. The van der Waals surface area contributed by atoms with E-state index >= 15 is 0 Å². The lowest BCUT2D eigenvalue weighted by Gasteiger charge is -2.32. The van der Waals surface area contributed by atoms with Gasteiger partial charge in [0.05, 0.1) is 18.1 Å². The first kappa shape index (κ1) is 15.0. The number of aliphatic hydroxyl groups is 1. The van der Waals surface area contributed by atoms with E-state index in [1.807, 2.05) is 13.8 Å². The van der Waals surface area contributed by atoms with Crippen LogP contribution >= 0.6 is 0 Å². The molecule has 1 heterocycles. The molecule has 1 amide bonds. The first-order valence-corrected chi connectivity index (χ1v) is 6.46. The molecular weight excluding hydrogens is 234 g/mol. The van der Waals surface area contributed by atoms with Gasteiger partial charge in [0.25, 0.3) is 0 Å². The Hall–Kier alpha value is -1.10. The molecule has 1 fully saturated rings. The second-order valence-corrected chi connectivity index (χ2v) is 5.62. The summed E-state index contributed by atoms with van der Waals surface area (Å²) in [6, 6.07) is -0.136. The second-order valence-electron chi connectivity index (χ2n) is 5.62. The number of hydrogen-bond donors (Lipinski definition) is 2. The number of carbonyl (C=O) groups is 2. The van der Waals surface area contributed by atoms with Gasteiger partial charge < -0.3 is 15.1 Å². The minimum absolute atomic E-state index is 0.00347. The average molecular weight is 257 g/mol. The molecule has 0 saturated carbocycles. The van der Waals surface area contributed by atoms with Crippen LogP contribution in [0, 0.1) is 11.3 Å². The van der Waals surface area contributed by atoms with E-state index in [-0.39, 0.29) is 30.9 Å². The third-order valence-corrected chi connectivity index (χ3v) is 4.19. The van der Waals surface area contributed by atoms with Crippen LogP contribution in [0.25, 0.3) is 0 Å². The normalized spacial score (nSPS) is 23.2. The molecule has 18 heavy (non-hydrogen) atoms. The van der Waals surface area contributed by atoms with E-state index < -0.39 is 11.4 Å². The first-order chi connectivity index (χ1) is 8.32. The third-order valence-electron chi connectivity index (χ3n) is 4.19. The number of rotatable bonds is 5. The molecule has 104 valence electrons. The van der Waals surface area contributed by atoms with Gasteiger partial charge in [0.15, 0.2) is 0 Å². The molecule has 5 heteroatoms. The van der Waals surface area contributed by atoms with Crippen LogP contribution in [0.15, 0.2) is 0 Å². The number of likely N-dealkylation sites (tertiary alicyclic amines) is 1. The van der Waals surface area contributed by atoms with Crippen molar-refractivity contribution in [1.82, 2.24) is 4.90 Å². The summed E-state index contributed by atoms with van der Waals surface area (Å²) in [5.74, 6) is -1.22. The topological polar surface area (TPSA) is 77.8 Å². The second kappa shape index (κ2) is 5.69. The van der Waals surface area contributed by atoms with E-state index in [0.717, 1.165) is 12.8 Å². The molecule has 1 aliphatic heterocycles. The standard InChI is InChI=1S/C13H23NO4/c1-9(2)13(3,12(17)18)7-11(16)14-6-4-5-10(14)8-15/h9-10,15H,4-8H2,1-3H3,(H,17,18)/t10-,13?/m0/s1. The minimum atomic E-state index is -1.04. The van der Waals surface area contributed by atoms with Crippen LogP contribution in [0.1, 0.15) is 40.0 Å². The van der Waals surface area contributed by atoms with Gasteiger partial charge in [0.1, 0.15) is 0 Å². The lowest BCUT2D eigenvalue weighted by Crippen LogP contribution is -2.43. The zero-order valence-corrected chi connectivity index (χ0v) is 11.3. The number of carbonyl (C=O) groups excluding carboxylic acids is 1. The van der Waals surface area contributed by atoms with Crippen molar-refractivity contribution in [2.75, 3.05) is 13.2 Å². The van der Waals surface area contributed by atoms with Gasteiger partial charge in [-0.2, -0.15) is 0 Å². The Balaban J connectivity index is 2.76. The molecule has 0 bridgehead atoms. The third kappa shape index (κ3) is 2.83. The molecule has 1 aliphatic rings. The Morgan fingerprint density at radius 1 is 1.44 bits per heavy atom. The number of aliphatic carboxylic acids is 1. The maximum Gasteiger partial charge on any atom is 0.310 e. The van der Waals surface area contributed by atoms with Crippen molar-refractivity contribution in [2.45, 2.75) is 46.1 Å². The van der Waals surface area contributed by atoms with Crippen molar-refractivity contribution in [3.63, 3.8) is 0 Å². The largest absolute Gasteiger partial charge is 0.481 e. The van der Waals surface area contributed by atoms with E-state index in [0.29, 0.717) is 6.54 Å². The van der Waals surface area contributed by atoms with Crippen LogP contribution in [0.2, 0.25) is 0 Å². The van der Waals surface area contributed by atoms with Gasteiger partial charge in [-0.1, -0.05) is 13.8 Å². The van der Waals surface area contributed by atoms with Crippen LogP contribution in [-0.2, 0) is 9.59 Å². The van der Waals surface area contributed by atoms with Gasteiger partial charge in [0.2, 0.25) is 5.91 Å². The van der Waals surface area contributed by atoms with E-state index in [1.165, 1.54) is 0 Å². The number of carboxylic acid groups (broad SMARTS) is 1. The maximum absolute atomic E-state index is 12.2. The molecule has 0 aromatic rings. The zero-order valence-electron chi connectivity index (χ0n) is 11.3. The molecule has 1 rings (SSSR count). The fourth-order valence-electron chi connectivity index (χ4n) is 2.30. The van der Waals surface area contributed by atoms with Gasteiger partial charge in [-0.25, -0.2) is 0 Å². The maximum atomic E-state index is 12.2. The number of nitrogens with zero attached hydrogens (tertiary/aromatic N) is 1. The van der Waals surface area contributed by atoms with Crippen LogP contribution in [0.4, 0.5) is 0 Å². The van der Waals surface area contributed by atoms with Crippen molar-refractivity contribution in [1.29, 1.82) is 0 Å². The summed E-state index contributed by atoms with van der Waals surface area (Å²) in [7, 11) is 0. The summed E-state index contributed by atoms with van der Waals surface area (Å²) >= 11 is 0. The van der Waals surface area contributed by atoms with Crippen molar-refractivity contribution >= 4 is 11.9 Å². The summed E-state index contributed by atoms with van der Waals surface area (Å²) < 4.78 is 0. The molecule has 2 atom stereocenters. The van der Waals surface area contributed by atoms with Crippen molar-refractivity contribution in [3.8, 4) is 0 Å². The predicted octanol–water partition coefficient (Wildman–Crippen LogP) is 1.11. The number of hydrogen-bond acceptors (Lipinski definition) is 3. The van der Waals surface area contributed by atoms with Gasteiger partial charge in [0, 0.05) is 13.0 Å². The molecular formula is C13H23NO4. The van der Waals surface area contributed by atoms with E-state index in [4.69, 9.17) is 0 Å². The quantitative estimate of drug-likeness (QED) is 0.773. The average Bonchev–Trinajstić information content (AvgIpc) is 2.76. The Kier molecular flexibility index (Phi) is 4.73. The molecule has 0 aromatic carbocycles. The van der Waals surface area contributed by atoms with Crippen LogP contribution in [0.3, 0.4) is 0 Å². The molecule has 1 saturated heterocycles. The summed E-state index contributed by atoms with van der Waals surface area (Å²) in [6.07, 6.45) is 1.67. The summed E-state index contributed by atoms with van der Waals surface area (Å²) in [5, 5.41) is 18.5. The van der Waals surface area contributed by atoms with Crippen molar-refractivity contribution in [3.05, 3.63) is 0 Å². The fraction of sp³-hybridized carbons (Fsp3) is 0.846. The highest BCUT2D eigenvalue weighted by Crippen LogP contribution is 2.33. The minimum Gasteiger partial charge on any atom is -0.481 e.